The largest absolute Gasteiger partial charge is 0.396 e. The molecule has 0 atom stereocenters. The van der Waals surface area contributed by atoms with Crippen LogP contribution in [0.1, 0.15) is 25.7 Å². The first kappa shape index (κ1) is 24.7. The van der Waals surface area contributed by atoms with Gasteiger partial charge in [-0.05, 0) is 31.1 Å². The Morgan fingerprint density at radius 3 is 0.640 bits per heavy atom. The standard InChI is InChI=1S/C17H36O8/c18-5-13(6-19)1-17(2-14(7-20)8-21,3-15(9-22)10-23)4-16(11-24)12-25/h13-16,18-25H,1-12H2. The van der Waals surface area contributed by atoms with Crippen LogP contribution in [0.25, 0.3) is 0 Å². The zero-order valence-corrected chi connectivity index (χ0v) is 14.9. The molecule has 0 aliphatic rings. The predicted molar refractivity (Wildman–Crippen MR) is 91.5 cm³/mol. The Morgan fingerprint density at radius 1 is 0.360 bits per heavy atom. The van der Waals surface area contributed by atoms with Crippen molar-refractivity contribution >= 4 is 0 Å². The summed E-state index contributed by atoms with van der Waals surface area (Å²) in [4.78, 5) is 0. The van der Waals surface area contributed by atoms with Crippen LogP contribution in [0.4, 0.5) is 0 Å². The highest BCUT2D eigenvalue weighted by Crippen LogP contribution is 2.44. The van der Waals surface area contributed by atoms with Gasteiger partial charge >= 0.3 is 0 Å². The molecule has 25 heavy (non-hydrogen) atoms. The second-order valence-corrected chi connectivity index (χ2v) is 7.24. The summed E-state index contributed by atoms with van der Waals surface area (Å²) in [5.74, 6) is -1.80. The van der Waals surface area contributed by atoms with Gasteiger partial charge in [-0.3, -0.25) is 0 Å². The minimum Gasteiger partial charge on any atom is -0.396 e. The molecule has 0 aromatic heterocycles. The van der Waals surface area contributed by atoms with Gasteiger partial charge in [-0.15, -0.1) is 0 Å². The molecular formula is C17H36O8. The van der Waals surface area contributed by atoms with Crippen molar-refractivity contribution in [2.75, 3.05) is 52.9 Å². The van der Waals surface area contributed by atoms with Crippen molar-refractivity contribution in [1.82, 2.24) is 0 Å². The first-order chi connectivity index (χ1) is 12.0. The molecule has 0 radical (unpaired) electrons. The number of aliphatic hydroxyl groups excluding tert-OH is 8. The van der Waals surface area contributed by atoms with E-state index in [0.717, 1.165) is 0 Å². The van der Waals surface area contributed by atoms with Crippen LogP contribution < -0.4 is 0 Å². The Labute approximate surface area is 149 Å². The molecule has 0 bridgehead atoms. The molecule has 0 aromatic carbocycles. The van der Waals surface area contributed by atoms with Crippen molar-refractivity contribution < 1.29 is 40.9 Å². The highest BCUT2D eigenvalue weighted by Gasteiger charge is 2.38. The molecular weight excluding hydrogens is 332 g/mol. The Kier molecular flexibility index (Phi) is 13.7. The lowest BCUT2D eigenvalue weighted by Crippen LogP contribution is -2.37. The van der Waals surface area contributed by atoms with Gasteiger partial charge in [0.1, 0.15) is 0 Å². The van der Waals surface area contributed by atoms with Crippen LogP contribution in [-0.4, -0.2) is 93.7 Å². The van der Waals surface area contributed by atoms with E-state index in [2.05, 4.69) is 0 Å². The van der Waals surface area contributed by atoms with E-state index in [1.165, 1.54) is 0 Å². The summed E-state index contributed by atoms with van der Waals surface area (Å²) >= 11 is 0. The van der Waals surface area contributed by atoms with Crippen LogP contribution in [-0.2, 0) is 0 Å². The molecule has 0 rings (SSSR count). The third-order valence-corrected chi connectivity index (χ3v) is 4.95. The zero-order chi connectivity index (χ0) is 19.3. The maximum Gasteiger partial charge on any atom is 0.0481 e. The van der Waals surface area contributed by atoms with Crippen LogP contribution in [0.15, 0.2) is 0 Å². The van der Waals surface area contributed by atoms with Crippen LogP contribution >= 0.6 is 0 Å². The summed E-state index contributed by atoms with van der Waals surface area (Å²) in [5, 5.41) is 75.8. The molecule has 0 aliphatic carbocycles. The van der Waals surface area contributed by atoms with Crippen molar-refractivity contribution in [3.63, 3.8) is 0 Å². The van der Waals surface area contributed by atoms with Gasteiger partial charge in [0.15, 0.2) is 0 Å². The average molecular weight is 368 g/mol. The minimum atomic E-state index is -0.682. The van der Waals surface area contributed by atoms with Gasteiger partial charge < -0.3 is 40.9 Å². The maximum atomic E-state index is 9.48. The van der Waals surface area contributed by atoms with E-state index in [0.29, 0.717) is 25.7 Å². The Hall–Kier alpha value is -0.320. The summed E-state index contributed by atoms with van der Waals surface area (Å²) in [6.07, 6.45) is 1.29. The normalized spacial score (nSPS) is 13.0. The molecule has 0 amide bonds. The third-order valence-electron chi connectivity index (χ3n) is 4.95. The van der Waals surface area contributed by atoms with E-state index in [4.69, 9.17) is 0 Å². The van der Waals surface area contributed by atoms with Crippen LogP contribution in [0, 0.1) is 29.1 Å². The topological polar surface area (TPSA) is 162 Å². The van der Waals surface area contributed by atoms with Gasteiger partial charge in [0.2, 0.25) is 0 Å². The molecule has 8 nitrogen and oxygen atoms in total. The Balaban J connectivity index is 5.69. The van der Waals surface area contributed by atoms with E-state index in [1.54, 1.807) is 0 Å². The van der Waals surface area contributed by atoms with Crippen molar-refractivity contribution in [3.8, 4) is 0 Å². The number of hydrogen-bond acceptors (Lipinski definition) is 8. The van der Waals surface area contributed by atoms with E-state index in [9.17, 15) is 40.9 Å². The van der Waals surface area contributed by atoms with Gasteiger partial charge in [0.05, 0.1) is 0 Å². The SMILES string of the molecule is OCC(CO)CC(CC(CO)CO)(CC(CO)CO)CC(CO)CO. The summed E-state index contributed by atoms with van der Waals surface area (Å²) in [6.45, 7) is -2.06. The summed E-state index contributed by atoms with van der Waals surface area (Å²) in [5.41, 5.74) is -0.682. The zero-order valence-electron chi connectivity index (χ0n) is 14.9. The van der Waals surface area contributed by atoms with Crippen molar-refractivity contribution in [1.29, 1.82) is 0 Å². The van der Waals surface area contributed by atoms with Crippen molar-refractivity contribution in [2.24, 2.45) is 29.1 Å². The summed E-state index contributed by atoms with van der Waals surface area (Å²) in [6, 6.07) is 0. The lowest BCUT2D eigenvalue weighted by molar-refractivity contribution is -0.00439. The first-order valence-electron chi connectivity index (χ1n) is 8.84. The molecule has 0 saturated carbocycles. The van der Waals surface area contributed by atoms with Gasteiger partial charge in [0, 0.05) is 76.5 Å². The fourth-order valence-corrected chi connectivity index (χ4v) is 3.70. The van der Waals surface area contributed by atoms with Crippen molar-refractivity contribution in [2.45, 2.75) is 25.7 Å². The lowest BCUT2D eigenvalue weighted by atomic mass is 9.64. The maximum absolute atomic E-state index is 9.48. The molecule has 0 spiro atoms. The quantitative estimate of drug-likeness (QED) is 0.154. The molecule has 8 N–H and O–H groups in total. The van der Waals surface area contributed by atoms with E-state index >= 15 is 0 Å². The number of hydrogen-bond donors (Lipinski definition) is 8. The Bertz CT molecular complexity index is 238. The molecule has 0 fully saturated rings. The fourth-order valence-electron chi connectivity index (χ4n) is 3.70. The smallest absolute Gasteiger partial charge is 0.0481 e. The van der Waals surface area contributed by atoms with Crippen LogP contribution in [0.5, 0.6) is 0 Å². The van der Waals surface area contributed by atoms with Crippen LogP contribution in [0.2, 0.25) is 0 Å². The minimum absolute atomic E-state index is 0.257. The molecule has 0 unspecified atom stereocenters. The molecule has 152 valence electrons. The van der Waals surface area contributed by atoms with E-state index in [-0.39, 0.29) is 52.9 Å². The second kappa shape index (κ2) is 13.8. The van der Waals surface area contributed by atoms with Crippen molar-refractivity contribution in [3.05, 3.63) is 0 Å². The predicted octanol–water partition coefficient (Wildman–Crippen LogP) is -2.06. The monoisotopic (exact) mass is 368 g/mol. The molecule has 8 heteroatoms. The summed E-state index contributed by atoms with van der Waals surface area (Å²) < 4.78 is 0. The highest BCUT2D eigenvalue weighted by molar-refractivity contribution is 4.88. The van der Waals surface area contributed by atoms with Gasteiger partial charge in [-0.2, -0.15) is 0 Å². The highest BCUT2D eigenvalue weighted by atomic mass is 16.3. The van der Waals surface area contributed by atoms with Gasteiger partial charge in [-0.1, -0.05) is 0 Å². The summed E-state index contributed by atoms with van der Waals surface area (Å²) in [7, 11) is 0. The number of aliphatic hydroxyl groups is 8. The number of rotatable bonds is 16. The fraction of sp³-hybridized carbons (Fsp3) is 1.00. The van der Waals surface area contributed by atoms with E-state index < -0.39 is 29.1 Å². The molecule has 0 aliphatic heterocycles. The van der Waals surface area contributed by atoms with Gasteiger partial charge in [0.25, 0.3) is 0 Å². The average Bonchev–Trinajstić information content (AvgIpc) is 2.66. The Morgan fingerprint density at radius 2 is 0.520 bits per heavy atom. The molecule has 0 saturated heterocycles. The van der Waals surface area contributed by atoms with E-state index in [1.807, 2.05) is 0 Å². The third kappa shape index (κ3) is 8.74. The second-order valence-electron chi connectivity index (χ2n) is 7.24. The molecule has 0 heterocycles. The first-order valence-corrected chi connectivity index (χ1v) is 8.84. The van der Waals surface area contributed by atoms with Crippen LogP contribution in [0.3, 0.4) is 0 Å². The lowest BCUT2D eigenvalue weighted by Gasteiger charge is -2.42. The van der Waals surface area contributed by atoms with Gasteiger partial charge in [-0.25, -0.2) is 0 Å². The molecule has 0 aromatic rings.